The summed E-state index contributed by atoms with van der Waals surface area (Å²) in [6.07, 6.45) is 5.75. The highest BCUT2D eigenvalue weighted by molar-refractivity contribution is 5.96. The maximum absolute atomic E-state index is 12.3. The van der Waals surface area contributed by atoms with Gasteiger partial charge in [-0.1, -0.05) is 0 Å². The smallest absolute Gasteiger partial charge is 0.410 e. The lowest BCUT2D eigenvalue weighted by atomic mass is 9.96. The highest BCUT2D eigenvalue weighted by Gasteiger charge is 2.31. The van der Waals surface area contributed by atoms with Crippen LogP contribution in [0.5, 0.6) is 0 Å². The predicted octanol–water partition coefficient (Wildman–Crippen LogP) is 3.64. The number of ether oxygens (including phenoxy) is 1. The number of carbonyl (C=O) groups excluding carboxylic acids is 2. The Hall–Kier alpha value is -1.78. The monoisotopic (exact) mass is 293 g/mol. The van der Waals surface area contributed by atoms with Crippen LogP contribution < -0.4 is 0 Å². The van der Waals surface area contributed by atoms with E-state index in [1.165, 1.54) is 12.5 Å². The Morgan fingerprint density at radius 3 is 2.76 bits per heavy atom. The number of furan rings is 1. The van der Waals surface area contributed by atoms with Crippen molar-refractivity contribution in [2.75, 3.05) is 6.54 Å². The molecule has 1 fully saturated rings. The number of hydrogen-bond acceptors (Lipinski definition) is 4. The summed E-state index contributed by atoms with van der Waals surface area (Å²) in [7, 11) is 0. The molecule has 5 heteroatoms. The first-order valence-electron chi connectivity index (χ1n) is 7.42. The number of hydrogen-bond donors (Lipinski definition) is 0. The van der Waals surface area contributed by atoms with E-state index >= 15 is 0 Å². The maximum atomic E-state index is 12.3. The van der Waals surface area contributed by atoms with E-state index in [4.69, 9.17) is 9.15 Å². The Morgan fingerprint density at radius 2 is 2.14 bits per heavy atom. The fraction of sp³-hybridized carbons (Fsp3) is 0.625. The Kier molecular flexibility index (Phi) is 4.70. The standard InChI is InChI=1S/C16H23NO4/c1-16(2,3)21-15(19)17-8-5-4-6-13(17)10-14(18)12-7-9-20-11-12/h7,9,11,13H,4-6,8,10H2,1-3H3. The van der Waals surface area contributed by atoms with Crippen molar-refractivity contribution in [1.29, 1.82) is 0 Å². The molecule has 0 aliphatic carbocycles. The van der Waals surface area contributed by atoms with Gasteiger partial charge in [0, 0.05) is 19.0 Å². The van der Waals surface area contributed by atoms with Crippen LogP contribution in [0, 0.1) is 0 Å². The summed E-state index contributed by atoms with van der Waals surface area (Å²) in [6, 6.07) is 1.57. The van der Waals surface area contributed by atoms with Crippen LogP contribution in [0.3, 0.4) is 0 Å². The molecule has 21 heavy (non-hydrogen) atoms. The average Bonchev–Trinajstić information content (AvgIpc) is 2.91. The van der Waals surface area contributed by atoms with E-state index in [1.807, 2.05) is 20.8 Å². The largest absolute Gasteiger partial charge is 0.472 e. The molecule has 1 aromatic rings. The van der Waals surface area contributed by atoms with Crippen molar-refractivity contribution in [2.24, 2.45) is 0 Å². The molecule has 1 aromatic heterocycles. The fourth-order valence-corrected chi connectivity index (χ4v) is 2.53. The van der Waals surface area contributed by atoms with Gasteiger partial charge in [0.2, 0.25) is 0 Å². The molecule has 1 atom stereocenters. The Bertz CT molecular complexity index is 487. The van der Waals surface area contributed by atoms with Gasteiger partial charge < -0.3 is 14.1 Å². The second-order valence-electron chi connectivity index (χ2n) is 6.46. The molecule has 1 aliphatic heterocycles. The van der Waals surface area contributed by atoms with Gasteiger partial charge in [-0.2, -0.15) is 0 Å². The van der Waals surface area contributed by atoms with Crippen molar-refractivity contribution >= 4 is 11.9 Å². The number of amides is 1. The molecule has 2 rings (SSSR count). The summed E-state index contributed by atoms with van der Waals surface area (Å²) in [6.45, 7) is 6.19. The zero-order valence-electron chi connectivity index (χ0n) is 12.9. The summed E-state index contributed by atoms with van der Waals surface area (Å²) < 4.78 is 10.4. The quantitative estimate of drug-likeness (QED) is 0.798. The van der Waals surface area contributed by atoms with E-state index in [0.717, 1.165) is 19.3 Å². The normalized spacial score (nSPS) is 19.4. The van der Waals surface area contributed by atoms with Crippen molar-refractivity contribution in [2.45, 2.75) is 58.1 Å². The van der Waals surface area contributed by atoms with E-state index in [2.05, 4.69) is 0 Å². The van der Waals surface area contributed by atoms with Crippen LogP contribution >= 0.6 is 0 Å². The van der Waals surface area contributed by atoms with Gasteiger partial charge in [0.15, 0.2) is 5.78 Å². The van der Waals surface area contributed by atoms with Crippen molar-refractivity contribution in [1.82, 2.24) is 4.90 Å². The Balaban J connectivity index is 2.02. The van der Waals surface area contributed by atoms with Gasteiger partial charge in [0.05, 0.1) is 11.8 Å². The van der Waals surface area contributed by atoms with Crippen molar-refractivity contribution in [3.05, 3.63) is 24.2 Å². The van der Waals surface area contributed by atoms with Crippen LogP contribution in [0.15, 0.2) is 23.0 Å². The third-order valence-corrected chi connectivity index (χ3v) is 3.52. The van der Waals surface area contributed by atoms with Crippen LogP contribution in [0.2, 0.25) is 0 Å². The number of likely N-dealkylation sites (tertiary alicyclic amines) is 1. The third-order valence-electron chi connectivity index (χ3n) is 3.52. The molecule has 5 nitrogen and oxygen atoms in total. The minimum absolute atomic E-state index is 0.00390. The van der Waals surface area contributed by atoms with Crippen LogP contribution in [-0.4, -0.2) is 35.0 Å². The highest BCUT2D eigenvalue weighted by atomic mass is 16.6. The van der Waals surface area contributed by atoms with Crippen LogP contribution in [0.4, 0.5) is 4.79 Å². The van der Waals surface area contributed by atoms with Crippen LogP contribution in [0.25, 0.3) is 0 Å². The molecule has 2 heterocycles. The molecular formula is C16H23NO4. The molecule has 0 saturated carbocycles. The summed E-state index contributed by atoms with van der Waals surface area (Å²) in [5.74, 6) is 0.00390. The number of rotatable bonds is 3. The lowest BCUT2D eigenvalue weighted by Crippen LogP contribution is -2.46. The molecule has 1 saturated heterocycles. The zero-order chi connectivity index (χ0) is 15.5. The zero-order valence-corrected chi connectivity index (χ0v) is 12.9. The number of ketones is 1. The topological polar surface area (TPSA) is 59.8 Å². The van der Waals surface area contributed by atoms with E-state index in [1.54, 1.807) is 11.0 Å². The van der Waals surface area contributed by atoms with E-state index < -0.39 is 5.60 Å². The number of carbonyl (C=O) groups is 2. The molecule has 0 spiro atoms. The lowest BCUT2D eigenvalue weighted by molar-refractivity contribution is 0.00946. The molecule has 1 aliphatic rings. The first-order valence-corrected chi connectivity index (χ1v) is 7.42. The van der Waals surface area contributed by atoms with Gasteiger partial charge >= 0.3 is 6.09 Å². The van der Waals surface area contributed by atoms with Gasteiger partial charge in [-0.3, -0.25) is 4.79 Å². The summed E-state index contributed by atoms with van der Waals surface area (Å²) >= 11 is 0. The third kappa shape index (κ3) is 4.34. The molecule has 0 N–H and O–H groups in total. The van der Waals surface area contributed by atoms with Gasteiger partial charge in [-0.15, -0.1) is 0 Å². The second kappa shape index (κ2) is 6.33. The van der Waals surface area contributed by atoms with Gasteiger partial charge in [0.25, 0.3) is 0 Å². The summed E-state index contributed by atoms with van der Waals surface area (Å²) in [5.41, 5.74) is 0.0397. The molecular weight excluding hydrogens is 270 g/mol. The fourth-order valence-electron chi connectivity index (χ4n) is 2.53. The summed E-state index contributed by atoms with van der Waals surface area (Å²) in [5, 5.41) is 0. The highest BCUT2D eigenvalue weighted by Crippen LogP contribution is 2.24. The van der Waals surface area contributed by atoms with Crippen LogP contribution in [-0.2, 0) is 4.74 Å². The van der Waals surface area contributed by atoms with E-state index in [9.17, 15) is 9.59 Å². The second-order valence-corrected chi connectivity index (χ2v) is 6.46. The van der Waals surface area contributed by atoms with Gasteiger partial charge in [-0.25, -0.2) is 4.79 Å². The molecule has 116 valence electrons. The average molecular weight is 293 g/mol. The predicted molar refractivity (Wildman–Crippen MR) is 78.2 cm³/mol. The van der Waals surface area contributed by atoms with E-state index in [0.29, 0.717) is 18.5 Å². The SMILES string of the molecule is CC(C)(C)OC(=O)N1CCCCC1CC(=O)c1ccoc1. The molecule has 1 unspecified atom stereocenters. The molecule has 0 bridgehead atoms. The number of piperidine rings is 1. The van der Waals surface area contributed by atoms with Crippen molar-refractivity contribution in [3.8, 4) is 0 Å². The van der Waals surface area contributed by atoms with Gasteiger partial charge in [0.1, 0.15) is 11.9 Å². The molecule has 0 aromatic carbocycles. The minimum atomic E-state index is -0.520. The molecule has 1 amide bonds. The summed E-state index contributed by atoms with van der Waals surface area (Å²) in [4.78, 5) is 26.2. The first-order chi connectivity index (χ1) is 9.87. The van der Waals surface area contributed by atoms with Crippen molar-refractivity contribution < 1.29 is 18.7 Å². The van der Waals surface area contributed by atoms with E-state index in [-0.39, 0.29) is 17.9 Å². The number of nitrogens with zero attached hydrogens (tertiary/aromatic N) is 1. The number of Topliss-reactive ketones (excluding diaryl/α,β-unsaturated/α-hetero) is 1. The van der Waals surface area contributed by atoms with Crippen molar-refractivity contribution in [3.63, 3.8) is 0 Å². The maximum Gasteiger partial charge on any atom is 0.410 e. The molecule has 0 radical (unpaired) electrons. The Morgan fingerprint density at radius 1 is 1.38 bits per heavy atom. The lowest BCUT2D eigenvalue weighted by Gasteiger charge is -2.36. The Labute approximate surface area is 125 Å². The first kappa shape index (κ1) is 15.6. The van der Waals surface area contributed by atoms with Gasteiger partial charge in [-0.05, 0) is 46.1 Å². The van der Waals surface area contributed by atoms with Crippen LogP contribution in [0.1, 0.15) is 56.8 Å². The minimum Gasteiger partial charge on any atom is -0.472 e.